The number of carbonyl (C=O) groups is 2. The van der Waals surface area contributed by atoms with Crippen LogP contribution in [0.3, 0.4) is 0 Å². The lowest BCUT2D eigenvalue weighted by molar-refractivity contribution is -0.125. The van der Waals surface area contributed by atoms with Crippen molar-refractivity contribution in [3.8, 4) is 0 Å². The Morgan fingerprint density at radius 1 is 1.20 bits per heavy atom. The van der Waals surface area contributed by atoms with Crippen molar-refractivity contribution in [2.24, 2.45) is 0 Å². The lowest BCUT2D eigenvalue weighted by Crippen LogP contribution is -2.57. The van der Waals surface area contributed by atoms with Crippen molar-refractivity contribution in [2.45, 2.75) is 12.0 Å². The second-order valence-corrected chi connectivity index (χ2v) is 5.23. The van der Waals surface area contributed by atoms with E-state index in [0.29, 0.717) is 4.88 Å². The summed E-state index contributed by atoms with van der Waals surface area (Å²) in [6, 6.07) is 3.43. The van der Waals surface area contributed by atoms with Crippen LogP contribution in [0.1, 0.15) is 16.1 Å². The van der Waals surface area contributed by atoms with Gasteiger partial charge in [0.1, 0.15) is 5.54 Å². The van der Waals surface area contributed by atoms with E-state index in [9.17, 15) is 9.59 Å². The molecule has 1 aromatic heterocycles. The number of aliphatic hydroxyl groups is 3. The zero-order chi connectivity index (χ0) is 15.0. The van der Waals surface area contributed by atoms with E-state index in [4.69, 9.17) is 15.3 Å². The van der Waals surface area contributed by atoms with Crippen LogP contribution in [0.4, 0.5) is 0 Å². The second kappa shape index (κ2) is 7.95. The normalized spacial score (nSPS) is 11.2. The molecule has 8 heteroatoms. The molecule has 0 atom stereocenters. The molecule has 0 aromatic carbocycles. The fourth-order valence-electron chi connectivity index (χ4n) is 1.41. The lowest BCUT2D eigenvalue weighted by Gasteiger charge is -2.28. The van der Waals surface area contributed by atoms with E-state index < -0.39 is 31.3 Å². The van der Waals surface area contributed by atoms with Gasteiger partial charge in [0.2, 0.25) is 5.91 Å². The summed E-state index contributed by atoms with van der Waals surface area (Å²) in [5, 5.41) is 33.9. The topological polar surface area (TPSA) is 119 Å². The lowest BCUT2D eigenvalue weighted by atomic mass is 10.0. The van der Waals surface area contributed by atoms with Crippen molar-refractivity contribution in [2.75, 3.05) is 26.4 Å². The maximum Gasteiger partial charge on any atom is 0.261 e. The van der Waals surface area contributed by atoms with Gasteiger partial charge in [-0.05, 0) is 11.4 Å². The summed E-state index contributed by atoms with van der Waals surface area (Å²) in [5.41, 5.74) is -1.44. The molecule has 1 aromatic rings. The van der Waals surface area contributed by atoms with Crippen molar-refractivity contribution >= 4 is 23.2 Å². The molecule has 5 N–H and O–H groups in total. The molecule has 1 rings (SSSR count). The number of rotatable bonds is 8. The molecule has 2 amide bonds. The van der Waals surface area contributed by atoms with Gasteiger partial charge in [0.05, 0.1) is 24.7 Å². The summed E-state index contributed by atoms with van der Waals surface area (Å²) >= 11 is 1.30. The average Bonchev–Trinajstić information content (AvgIpc) is 2.99. The minimum absolute atomic E-state index is 0.0150. The van der Waals surface area contributed by atoms with Gasteiger partial charge in [0.25, 0.3) is 5.91 Å². The van der Waals surface area contributed by atoms with Gasteiger partial charge < -0.3 is 26.0 Å². The first-order chi connectivity index (χ1) is 9.56. The van der Waals surface area contributed by atoms with Gasteiger partial charge in [-0.15, -0.1) is 11.3 Å². The Hall–Kier alpha value is -1.48. The van der Waals surface area contributed by atoms with E-state index in [1.165, 1.54) is 11.3 Å². The third kappa shape index (κ3) is 4.57. The predicted molar refractivity (Wildman–Crippen MR) is 73.4 cm³/mol. The summed E-state index contributed by atoms with van der Waals surface area (Å²) in [6.07, 6.45) is -0.0150. The number of hydrogen-bond acceptors (Lipinski definition) is 6. The SMILES string of the molecule is O=C(CCNC(=O)c1cccs1)NC(CO)(CO)CO. The number of carbonyl (C=O) groups excluding carboxylic acids is 2. The Morgan fingerprint density at radius 2 is 1.85 bits per heavy atom. The van der Waals surface area contributed by atoms with Crippen LogP contribution in [0, 0.1) is 0 Å². The van der Waals surface area contributed by atoms with Crippen LogP contribution < -0.4 is 10.6 Å². The Kier molecular flexibility index (Phi) is 6.59. The van der Waals surface area contributed by atoms with Crippen molar-refractivity contribution in [3.05, 3.63) is 22.4 Å². The van der Waals surface area contributed by atoms with Crippen molar-refractivity contribution in [1.29, 1.82) is 0 Å². The Balaban J connectivity index is 2.35. The van der Waals surface area contributed by atoms with Crippen LogP contribution in [0.25, 0.3) is 0 Å². The molecule has 7 nitrogen and oxygen atoms in total. The molecule has 0 aliphatic rings. The van der Waals surface area contributed by atoms with Gasteiger partial charge in [-0.3, -0.25) is 9.59 Å². The van der Waals surface area contributed by atoms with E-state index in [1.807, 2.05) is 0 Å². The van der Waals surface area contributed by atoms with E-state index >= 15 is 0 Å². The van der Waals surface area contributed by atoms with Gasteiger partial charge in [-0.25, -0.2) is 0 Å². The molecule has 0 saturated heterocycles. The first kappa shape index (κ1) is 16.6. The fraction of sp³-hybridized carbons (Fsp3) is 0.500. The van der Waals surface area contributed by atoms with Crippen molar-refractivity contribution in [3.63, 3.8) is 0 Å². The molecular formula is C12H18N2O5S. The highest BCUT2D eigenvalue weighted by Gasteiger charge is 2.29. The Labute approximate surface area is 120 Å². The monoisotopic (exact) mass is 302 g/mol. The number of thiophene rings is 1. The molecule has 112 valence electrons. The van der Waals surface area contributed by atoms with Gasteiger partial charge in [0, 0.05) is 13.0 Å². The standard InChI is InChI=1S/C12H18N2O5S/c15-6-12(7-16,8-17)14-10(18)3-4-13-11(19)9-2-1-5-20-9/h1-2,5,15-17H,3-4,6-8H2,(H,13,19)(H,14,18). The van der Waals surface area contributed by atoms with Crippen LogP contribution in [-0.4, -0.2) is 59.0 Å². The minimum Gasteiger partial charge on any atom is -0.394 e. The highest BCUT2D eigenvalue weighted by molar-refractivity contribution is 7.12. The third-order valence-electron chi connectivity index (χ3n) is 2.70. The van der Waals surface area contributed by atoms with Gasteiger partial charge >= 0.3 is 0 Å². The van der Waals surface area contributed by atoms with Crippen LogP contribution in [0.2, 0.25) is 0 Å². The summed E-state index contributed by atoms with van der Waals surface area (Å²) < 4.78 is 0. The highest BCUT2D eigenvalue weighted by Crippen LogP contribution is 2.07. The summed E-state index contributed by atoms with van der Waals surface area (Å²) in [5.74, 6) is -0.737. The van der Waals surface area contributed by atoms with Crippen LogP contribution in [0.5, 0.6) is 0 Å². The summed E-state index contributed by atoms with van der Waals surface area (Å²) in [7, 11) is 0. The molecule has 0 bridgehead atoms. The van der Waals surface area contributed by atoms with Crippen LogP contribution in [-0.2, 0) is 4.79 Å². The molecule has 0 unspecified atom stereocenters. The van der Waals surface area contributed by atoms with E-state index in [2.05, 4.69) is 10.6 Å². The van der Waals surface area contributed by atoms with Crippen molar-refractivity contribution < 1.29 is 24.9 Å². The average molecular weight is 302 g/mol. The first-order valence-corrected chi connectivity index (χ1v) is 6.90. The third-order valence-corrected chi connectivity index (χ3v) is 3.56. The first-order valence-electron chi connectivity index (χ1n) is 6.02. The molecule has 0 fully saturated rings. The fourth-order valence-corrected chi connectivity index (χ4v) is 2.05. The highest BCUT2D eigenvalue weighted by atomic mass is 32.1. The molecule has 0 aliphatic heterocycles. The molecule has 0 spiro atoms. The molecule has 1 heterocycles. The minimum atomic E-state index is -1.44. The zero-order valence-corrected chi connectivity index (χ0v) is 11.7. The van der Waals surface area contributed by atoms with Gasteiger partial charge in [-0.1, -0.05) is 6.07 Å². The smallest absolute Gasteiger partial charge is 0.261 e. The van der Waals surface area contributed by atoms with Crippen molar-refractivity contribution in [1.82, 2.24) is 10.6 Å². The zero-order valence-electron chi connectivity index (χ0n) is 10.8. The van der Waals surface area contributed by atoms with E-state index in [0.717, 1.165) is 0 Å². The maximum absolute atomic E-state index is 11.6. The molecule has 0 aliphatic carbocycles. The Morgan fingerprint density at radius 3 is 2.35 bits per heavy atom. The number of aliphatic hydroxyl groups excluding tert-OH is 3. The van der Waals surface area contributed by atoms with Gasteiger partial charge in [0.15, 0.2) is 0 Å². The number of hydrogen-bond donors (Lipinski definition) is 5. The molecular weight excluding hydrogens is 284 g/mol. The Bertz CT molecular complexity index is 423. The van der Waals surface area contributed by atoms with Crippen LogP contribution in [0.15, 0.2) is 17.5 Å². The largest absolute Gasteiger partial charge is 0.394 e. The molecule has 0 radical (unpaired) electrons. The van der Waals surface area contributed by atoms with E-state index in [1.54, 1.807) is 17.5 Å². The summed E-state index contributed by atoms with van der Waals surface area (Å²) in [4.78, 5) is 23.8. The predicted octanol–water partition coefficient (Wildman–Crippen LogP) is -1.30. The second-order valence-electron chi connectivity index (χ2n) is 4.29. The maximum atomic E-state index is 11.6. The molecule has 0 saturated carbocycles. The summed E-state index contributed by atoms with van der Waals surface area (Å²) in [6.45, 7) is -1.60. The number of amides is 2. The van der Waals surface area contributed by atoms with Crippen LogP contribution >= 0.6 is 11.3 Å². The molecule has 20 heavy (non-hydrogen) atoms. The van der Waals surface area contributed by atoms with Gasteiger partial charge in [-0.2, -0.15) is 0 Å². The quantitative estimate of drug-likeness (QED) is 0.409. The van der Waals surface area contributed by atoms with E-state index in [-0.39, 0.29) is 18.9 Å². The number of nitrogens with one attached hydrogen (secondary N) is 2.